The Morgan fingerprint density at radius 1 is 1.71 bits per heavy atom. The molecule has 1 aromatic rings. The first kappa shape index (κ1) is 9.61. The predicted octanol–water partition coefficient (Wildman–Crippen LogP) is 1.44. The highest BCUT2D eigenvalue weighted by atomic mass is 32.1. The number of carboxylic acid groups (broad SMARTS) is 1. The van der Waals surface area contributed by atoms with Crippen LogP contribution in [0.5, 0.6) is 0 Å². The Hall–Kier alpha value is -0.940. The molecule has 0 spiro atoms. The molecule has 0 saturated heterocycles. The fraction of sp³-hybridized carbons (Fsp3) is 0.556. The quantitative estimate of drug-likeness (QED) is 0.792. The van der Waals surface area contributed by atoms with Crippen LogP contribution in [0.4, 0.5) is 0 Å². The fourth-order valence-corrected chi connectivity index (χ4v) is 2.39. The number of carboxylic acids is 1. The monoisotopic (exact) mass is 212 g/mol. The predicted molar refractivity (Wildman–Crippen MR) is 53.8 cm³/mol. The van der Waals surface area contributed by atoms with Gasteiger partial charge in [0, 0.05) is 12.5 Å². The van der Waals surface area contributed by atoms with Gasteiger partial charge in [0.05, 0.1) is 5.69 Å². The van der Waals surface area contributed by atoms with E-state index >= 15 is 0 Å². The zero-order valence-corrected chi connectivity index (χ0v) is 8.73. The second-order valence-corrected chi connectivity index (χ2v) is 4.52. The summed E-state index contributed by atoms with van der Waals surface area (Å²) in [6.45, 7) is 0.650. The molecule has 1 heterocycles. The second kappa shape index (κ2) is 3.67. The molecule has 4 nitrogen and oxygen atoms in total. The maximum Gasteiger partial charge on any atom is 0.347 e. The maximum atomic E-state index is 10.9. The average Bonchev–Trinajstić information content (AvgIpc) is 2.88. The van der Waals surface area contributed by atoms with Gasteiger partial charge in [-0.2, -0.15) is 0 Å². The summed E-state index contributed by atoms with van der Waals surface area (Å²) in [5.41, 5.74) is 0.799. The Bertz CT molecular complexity index is 358. The minimum Gasteiger partial charge on any atom is -0.477 e. The molecule has 0 bridgehead atoms. The first-order valence-corrected chi connectivity index (χ1v) is 5.41. The number of aromatic nitrogens is 1. The largest absolute Gasteiger partial charge is 0.477 e. The highest BCUT2D eigenvalue weighted by Crippen LogP contribution is 2.42. The Labute approximate surface area is 86.0 Å². The van der Waals surface area contributed by atoms with Crippen LogP contribution in [0.3, 0.4) is 0 Å². The van der Waals surface area contributed by atoms with Crippen LogP contribution in [0.15, 0.2) is 0 Å². The van der Waals surface area contributed by atoms with Gasteiger partial charge >= 0.3 is 5.97 Å². The molecule has 0 atom stereocenters. The van der Waals surface area contributed by atoms with Crippen LogP contribution in [-0.2, 0) is 6.54 Å². The SMILES string of the molecule is CNCc1nc(C2CC2)c(C(=O)O)s1. The highest BCUT2D eigenvalue weighted by molar-refractivity contribution is 7.13. The van der Waals surface area contributed by atoms with Crippen molar-refractivity contribution in [2.45, 2.75) is 25.3 Å². The van der Waals surface area contributed by atoms with Crippen LogP contribution < -0.4 is 5.32 Å². The van der Waals surface area contributed by atoms with Crippen molar-refractivity contribution in [3.63, 3.8) is 0 Å². The Kier molecular flexibility index (Phi) is 2.52. The summed E-state index contributed by atoms with van der Waals surface area (Å²) < 4.78 is 0. The zero-order valence-electron chi connectivity index (χ0n) is 7.91. The molecule has 1 aliphatic carbocycles. The van der Waals surface area contributed by atoms with Crippen molar-refractivity contribution in [1.82, 2.24) is 10.3 Å². The minimum absolute atomic E-state index is 0.406. The average molecular weight is 212 g/mol. The van der Waals surface area contributed by atoms with Crippen LogP contribution in [0.2, 0.25) is 0 Å². The van der Waals surface area contributed by atoms with Crippen molar-refractivity contribution in [3.05, 3.63) is 15.6 Å². The molecular weight excluding hydrogens is 200 g/mol. The topological polar surface area (TPSA) is 62.2 Å². The zero-order chi connectivity index (χ0) is 10.1. The molecule has 1 aromatic heterocycles. The Morgan fingerprint density at radius 2 is 2.43 bits per heavy atom. The van der Waals surface area contributed by atoms with Crippen molar-refractivity contribution >= 4 is 17.3 Å². The van der Waals surface area contributed by atoms with Gasteiger partial charge < -0.3 is 10.4 Å². The summed E-state index contributed by atoms with van der Waals surface area (Å²) in [5.74, 6) is -0.435. The Morgan fingerprint density at radius 3 is 2.93 bits per heavy atom. The first-order valence-electron chi connectivity index (χ1n) is 4.60. The number of hydrogen-bond donors (Lipinski definition) is 2. The van der Waals surface area contributed by atoms with Gasteiger partial charge in [-0.1, -0.05) is 0 Å². The van der Waals surface area contributed by atoms with Crippen LogP contribution in [0.1, 0.15) is 39.1 Å². The minimum atomic E-state index is -0.841. The number of hydrogen-bond acceptors (Lipinski definition) is 4. The van der Waals surface area contributed by atoms with Gasteiger partial charge in [0.15, 0.2) is 0 Å². The number of nitrogens with one attached hydrogen (secondary N) is 1. The van der Waals surface area contributed by atoms with Gasteiger partial charge in [-0.25, -0.2) is 9.78 Å². The van der Waals surface area contributed by atoms with Gasteiger partial charge in [0.1, 0.15) is 9.88 Å². The first-order chi connectivity index (χ1) is 6.72. The van der Waals surface area contributed by atoms with Gasteiger partial charge in [0.25, 0.3) is 0 Å². The molecular formula is C9H12N2O2S. The summed E-state index contributed by atoms with van der Waals surface area (Å²) in [6.07, 6.45) is 2.17. The molecule has 1 fully saturated rings. The lowest BCUT2D eigenvalue weighted by molar-refractivity contribution is 0.0700. The number of thiazole rings is 1. The molecule has 0 aliphatic heterocycles. The van der Waals surface area contributed by atoms with E-state index in [1.807, 2.05) is 7.05 Å². The molecule has 76 valence electrons. The van der Waals surface area contributed by atoms with Crippen molar-refractivity contribution < 1.29 is 9.90 Å². The molecule has 2 N–H and O–H groups in total. The van der Waals surface area contributed by atoms with Crippen LogP contribution >= 0.6 is 11.3 Å². The van der Waals surface area contributed by atoms with E-state index in [1.165, 1.54) is 11.3 Å². The molecule has 1 aliphatic rings. The third-order valence-corrected chi connectivity index (χ3v) is 3.24. The third-order valence-electron chi connectivity index (χ3n) is 2.18. The molecule has 0 amide bonds. The smallest absolute Gasteiger partial charge is 0.347 e. The maximum absolute atomic E-state index is 10.9. The van der Waals surface area contributed by atoms with E-state index in [-0.39, 0.29) is 0 Å². The summed E-state index contributed by atoms with van der Waals surface area (Å²) in [6, 6.07) is 0. The lowest BCUT2D eigenvalue weighted by Crippen LogP contribution is -2.04. The van der Waals surface area contributed by atoms with E-state index in [4.69, 9.17) is 5.11 Å². The fourth-order valence-electron chi connectivity index (χ4n) is 1.39. The molecule has 2 rings (SSSR count). The highest BCUT2D eigenvalue weighted by Gasteiger charge is 2.31. The summed E-state index contributed by atoms with van der Waals surface area (Å²) in [5, 5.41) is 12.8. The standard InChI is InChI=1S/C9H12N2O2S/c1-10-4-6-11-7(5-2-3-5)8(14-6)9(12)13/h5,10H,2-4H2,1H3,(H,12,13). The van der Waals surface area contributed by atoms with Crippen LogP contribution in [0, 0.1) is 0 Å². The molecule has 0 aromatic carbocycles. The lowest BCUT2D eigenvalue weighted by Gasteiger charge is -1.92. The van der Waals surface area contributed by atoms with Crippen molar-refractivity contribution in [2.24, 2.45) is 0 Å². The lowest BCUT2D eigenvalue weighted by atomic mass is 10.2. The molecule has 0 unspecified atom stereocenters. The summed E-state index contributed by atoms with van der Waals surface area (Å²) in [7, 11) is 1.83. The number of nitrogens with zero attached hydrogens (tertiary/aromatic N) is 1. The third kappa shape index (κ3) is 1.78. The van der Waals surface area contributed by atoms with Gasteiger partial charge in [-0.15, -0.1) is 11.3 Å². The van der Waals surface area contributed by atoms with Crippen molar-refractivity contribution in [2.75, 3.05) is 7.05 Å². The summed E-state index contributed by atoms with van der Waals surface area (Å²) in [4.78, 5) is 15.7. The van der Waals surface area contributed by atoms with E-state index in [1.54, 1.807) is 0 Å². The number of rotatable bonds is 4. The van der Waals surface area contributed by atoms with E-state index < -0.39 is 5.97 Å². The van der Waals surface area contributed by atoms with E-state index in [0.29, 0.717) is 17.3 Å². The van der Waals surface area contributed by atoms with Crippen LogP contribution in [0.25, 0.3) is 0 Å². The van der Waals surface area contributed by atoms with Gasteiger partial charge in [-0.05, 0) is 19.9 Å². The van der Waals surface area contributed by atoms with Crippen molar-refractivity contribution in [1.29, 1.82) is 0 Å². The Balaban J connectivity index is 2.30. The molecule has 1 saturated carbocycles. The summed E-state index contributed by atoms with van der Waals surface area (Å²) >= 11 is 1.29. The number of carbonyl (C=O) groups is 1. The van der Waals surface area contributed by atoms with E-state index in [9.17, 15) is 4.79 Å². The van der Waals surface area contributed by atoms with E-state index in [0.717, 1.165) is 23.5 Å². The second-order valence-electron chi connectivity index (χ2n) is 3.43. The number of aromatic carboxylic acids is 1. The molecule has 5 heteroatoms. The van der Waals surface area contributed by atoms with Crippen molar-refractivity contribution in [3.8, 4) is 0 Å². The van der Waals surface area contributed by atoms with E-state index in [2.05, 4.69) is 10.3 Å². The van der Waals surface area contributed by atoms with Gasteiger partial charge in [0.2, 0.25) is 0 Å². The molecule has 0 radical (unpaired) electrons. The molecule has 14 heavy (non-hydrogen) atoms. The van der Waals surface area contributed by atoms with Gasteiger partial charge in [-0.3, -0.25) is 0 Å². The normalized spacial score (nSPS) is 15.8. The van der Waals surface area contributed by atoms with Crippen LogP contribution in [-0.4, -0.2) is 23.1 Å².